The smallest absolute Gasteiger partial charge is 0.336 e. The van der Waals surface area contributed by atoms with Crippen molar-refractivity contribution in [2.75, 3.05) is 0 Å². The van der Waals surface area contributed by atoms with E-state index in [2.05, 4.69) is 10.1 Å². The van der Waals surface area contributed by atoms with E-state index in [4.69, 9.17) is 4.52 Å². The van der Waals surface area contributed by atoms with Crippen LogP contribution in [-0.4, -0.2) is 21.2 Å². The molecule has 6 heteroatoms. The first kappa shape index (κ1) is 18.8. The first-order chi connectivity index (χ1) is 12.6. The molecule has 0 aliphatic heterocycles. The Morgan fingerprint density at radius 3 is 2.19 bits per heavy atom. The highest BCUT2D eigenvalue weighted by atomic mass is 19.1. The standard InChI is InChI=1S/C21H21FN2O3/c1-9-7-12(4)18(22)17(13(9)5)20-23-19(24-27-20)15-10(2)8-11(3)16(14(15)6)21(25)26/h7-8H,1-6H3,(H,25,26). The number of aromatic nitrogens is 2. The number of halogens is 1. The van der Waals surface area contributed by atoms with Crippen LogP contribution in [-0.2, 0) is 0 Å². The van der Waals surface area contributed by atoms with E-state index < -0.39 is 11.8 Å². The van der Waals surface area contributed by atoms with E-state index in [1.165, 1.54) is 0 Å². The van der Waals surface area contributed by atoms with Gasteiger partial charge >= 0.3 is 5.97 Å². The number of hydrogen-bond donors (Lipinski definition) is 1. The minimum absolute atomic E-state index is 0.0862. The first-order valence-corrected chi connectivity index (χ1v) is 8.58. The number of nitrogens with zero attached hydrogens (tertiary/aromatic N) is 2. The molecule has 1 aromatic heterocycles. The van der Waals surface area contributed by atoms with Gasteiger partial charge in [0.05, 0.1) is 11.1 Å². The van der Waals surface area contributed by atoms with Crippen molar-refractivity contribution in [3.8, 4) is 22.8 Å². The number of carbonyl (C=O) groups is 1. The van der Waals surface area contributed by atoms with Gasteiger partial charge in [0.2, 0.25) is 5.82 Å². The van der Waals surface area contributed by atoms with Gasteiger partial charge in [0.15, 0.2) is 0 Å². The van der Waals surface area contributed by atoms with Crippen LogP contribution in [0, 0.1) is 47.4 Å². The Morgan fingerprint density at radius 1 is 0.926 bits per heavy atom. The van der Waals surface area contributed by atoms with E-state index in [9.17, 15) is 14.3 Å². The Morgan fingerprint density at radius 2 is 1.56 bits per heavy atom. The number of aryl methyl sites for hydroxylation is 4. The molecule has 0 fully saturated rings. The van der Waals surface area contributed by atoms with Crippen molar-refractivity contribution in [1.82, 2.24) is 10.1 Å². The molecular formula is C21H21FN2O3. The van der Waals surface area contributed by atoms with Crippen LogP contribution in [0.1, 0.15) is 43.7 Å². The van der Waals surface area contributed by atoms with Crippen LogP contribution in [0.2, 0.25) is 0 Å². The number of benzene rings is 2. The zero-order chi connectivity index (χ0) is 20.0. The van der Waals surface area contributed by atoms with Crippen molar-refractivity contribution in [1.29, 1.82) is 0 Å². The van der Waals surface area contributed by atoms with Gasteiger partial charge in [0.1, 0.15) is 5.82 Å². The molecule has 2 aromatic carbocycles. The third-order valence-electron chi connectivity index (χ3n) is 5.01. The molecule has 0 spiro atoms. The summed E-state index contributed by atoms with van der Waals surface area (Å²) in [6, 6.07) is 3.56. The summed E-state index contributed by atoms with van der Waals surface area (Å²) >= 11 is 0. The highest BCUT2D eigenvalue weighted by molar-refractivity contribution is 5.94. The minimum atomic E-state index is -1.01. The van der Waals surface area contributed by atoms with E-state index in [0.717, 1.165) is 16.7 Å². The molecule has 0 radical (unpaired) electrons. The number of carboxylic acid groups (broad SMARTS) is 1. The largest absolute Gasteiger partial charge is 0.478 e. The van der Waals surface area contributed by atoms with Gasteiger partial charge in [-0.15, -0.1) is 0 Å². The van der Waals surface area contributed by atoms with Crippen LogP contribution in [0.5, 0.6) is 0 Å². The lowest BCUT2D eigenvalue weighted by Gasteiger charge is -2.12. The molecule has 27 heavy (non-hydrogen) atoms. The summed E-state index contributed by atoms with van der Waals surface area (Å²) < 4.78 is 20.1. The molecule has 0 aliphatic rings. The monoisotopic (exact) mass is 368 g/mol. The van der Waals surface area contributed by atoms with Crippen molar-refractivity contribution >= 4 is 5.97 Å². The molecule has 0 aliphatic carbocycles. The predicted molar refractivity (Wildman–Crippen MR) is 101 cm³/mol. The summed E-state index contributed by atoms with van der Waals surface area (Å²) in [5.74, 6) is -1.06. The molecular weight excluding hydrogens is 347 g/mol. The minimum Gasteiger partial charge on any atom is -0.478 e. The zero-order valence-electron chi connectivity index (χ0n) is 16.2. The van der Waals surface area contributed by atoms with Gasteiger partial charge in [-0.3, -0.25) is 0 Å². The number of carboxylic acids is 1. The highest BCUT2D eigenvalue weighted by Crippen LogP contribution is 2.34. The maximum atomic E-state index is 14.7. The van der Waals surface area contributed by atoms with Gasteiger partial charge in [-0.05, 0) is 74.9 Å². The van der Waals surface area contributed by atoms with Crippen LogP contribution < -0.4 is 0 Å². The number of rotatable bonds is 3. The normalized spacial score (nSPS) is 11.1. The molecule has 0 amide bonds. The Hall–Kier alpha value is -3.02. The van der Waals surface area contributed by atoms with Crippen LogP contribution >= 0.6 is 0 Å². The lowest BCUT2D eigenvalue weighted by atomic mass is 9.93. The number of hydrogen-bond acceptors (Lipinski definition) is 4. The molecule has 5 nitrogen and oxygen atoms in total. The molecule has 3 aromatic rings. The summed E-state index contributed by atoms with van der Waals surface area (Å²) in [5.41, 5.74) is 5.32. The topological polar surface area (TPSA) is 76.2 Å². The summed E-state index contributed by atoms with van der Waals surface area (Å²) in [6.07, 6.45) is 0. The second-order valence-corrected chi connectivity index (χ2v) is 6.94. The summed E-state index contributed by atoms with van der Waals surface area (Å²) in [5, 5.41) is 13.5. The van der Waals surface area contributed by atoms with Gasteiger partial charge in [-0.25, -0.2) is 9.18 Å². The van der Waals surface area contributed by atoms with Crippen molar-refractivity contribution in [2.24, 2.45) is 0 Å². The fourth-order valence-corrected chi connectivity index (χ4v) is 3.59. The molecule has 3 rings (SSSR count). The van der Waals surface area contributed by atoms with E-state index in [0.29, 0.717) is 22.3 Å². The summed E-state index contributed by atoms with van der Waals surface area (Å²) in [6.45, 7) is 10.7. The fourth-order valence-electron chi connectivity index (χ4n) is 3.59. The molecule has 0 saturated carbocycles. The van der Waals surface area contributed by atoms with Crippen molar-refractivity contribution in [3.05, 3.63) is 56.9 Å². The van der Waals surface area contributed by atoms with Crippen LogP contribution in [0.15, 0.2) is 16.7 Å². The van der Waals surface area contributed by atoms with Crippen molar-refractivity contribution < 1.29 is 18.8 Å². The Labute approximate surface area is 156 Å². The van der Waals surface area contributed by atoms with E-state index in [1.54, 1.807) is 32.9 Å². The number of aromatic carboxylic acids is 1. The van der Waals surface area contributed by atoms with Crippen LogP contribution in [0.4, 0.5) is 4.39 Å². The van der Waals surface area contributed by atoms with Crippen LogP contribution in [0.25, 0.3) is 22.8 Å². The Balaban J connectivity index is 2.22. The third kappa shape index (κ3) is 3.01. The lowest BCUT2D eigenvalue weighted by Crippen LogP contribution is -2.06. The maximum Gasteiger partial charge on any atom is 0.336 e. The molecule has 1 N–H and O–H groups in total. The molecule has 1 heterocycles. The fraction of sp³-hybridized carbons (Fsp3) is 0.286. The summed E-state index contributed by atoms with van der Waals surface area (Å²) in [7, 11) is 0. The second-order valence-electron chi connectivity index (χ2n) is 6.94. The van der Waals surface area contributed by atoms with Gasteiger partial charge in [0.25, 0.3) is 5.89 Å². The average molecular weight is 368 g/mol. The SMILES string of the molecule is Cc1cc(C)c(F)c(-c2nc(-c3c(C)cc(C)c(C(=O)O)c3C)no2)c1C. The quantitative estimate of drug-likeness (QED) is 0.697. The second kappa shape index (κ2) is 6.61. The van der Waals surface area contributed by atoms with Gasteiger partial charge in [-0.1, -0.05) is 17.3 Å². The molecule has 0 saturated heterocycles. The van der Waals surface area contributed by atoms with Gasteiger partial charge < -0.3 is 9.63 Å². The van der Waals surface area contributed by atoms with Gasteiger partial charge in [0, 0.05) is 5.56 Å². The van der Waals surface area contributed by atoms with Gasteiger partial charge in [-0.2, -0.15) is 4.98 Å². The lowest BCUT2D eigenvalue weighted by molar-refractivity contribution is 0.0695. The molecule has 0 unspecified atom stereocenters. The molecule has 0 bridgehead atoms. The maximum absolute atomic E-state index is 14.7. The van der Waals surface area contributed by atoms with E-state index in [1.807, 2.05) is 20.8 Å². The third-order valence-corrected chi connectivity index (χ3v) is 5.01. The molecule has 140 valence electrons. The van der Waals surface area contributed by atoms with E-state index in [-0.39, 0.29) is 22.8 Å². The Bertz CT molecular complexity index is 1060. The molecule has 0 atom stereocenters. The zero-order valence-corrected chi connectivity index (χ0v) is 16.2. The summed E-state index contributed by atoms with van der Waals surface area (Å²) in [4.78, 5) is 16.0. The predicted octanol–water partition coefficient (Wildman–Crippen LogP) is 5.09. The first-order valence-electron chi connectivity index (χ1n) is 8.58. The van der Waals surface area contributed by atoms with Crippen molar-refractivity contribution in [2.45, 2.75) is 41.5 Å². The van der Waals surface area contributed by atoms with Crippen LogP contribution in [0.3, 0.4) is 0 Å². The highest BCUT2D eigenvalue weighted by Gasteiger charge is 2.23. The average Bonchev–Trinajstić information content (AvgIpc) is 3.01. The van der Waals surface area contributed by atoms with Crippen molar-refractivity contribution in [3.63, 3.8) is 0 Å². The van der Waals surface area contributed by atoms with E-state index >= 15 is 0 Å². The Kier molecular flexibility index (Phi) is 4.59.